The zero-order valence-corrected chi connectivity index (χ0v) is 19.8. The molecule has 1 heterocycles. The molecular formula is C26H34F2N4O. The van der Waals surface area contributed by atoms with Crippen LogP contribution in [0.5, 0.6) is 0 Å². The molecule has 1 aromatic heterocycles. The van der Waals surface area contributed by atoms with Crippen LogP contribution in [0, 0.1) is 11.6 Å². The van der Waals surface area contributed by atoms with Crippen LogP contribution in [0.4, 0.5) is 8.78 Å². The number of fused-ring (bicyclic) bond motifs is 1. The molecule has 0 atom stereocenters. The van der Waals surface area contributed by atoms with Gasteiger partial charge in [-0.15, -0.1) is 0 Å². The van der Waals surface area contributed by atoms with Gasteiger partial charge in [-0.3, -0.25) is 4.79 Å². The zero-order chi connectivity index (χ0) is 23.8. The van der Waals surface area contributed by atoms with E-state index in [2.05, 4.69) is 41.9 Å². The summed E-state index contributed by atoms with van der Waals surface area (Å²) >= 11 is 0. The molecule has 0 aliphatic carbocycles. The van der Waals surface area contributed by atoms with Crippen molar-refractivity contribution in [2.45, 2.75) is 66.1 Å². The highest BCUT2D eigenvalue weighted by Gasteiger charge is 2.22. The lowest BCUT2D eigenvalue weighted by Gasteiger charge is -2.23. The largest absolute Gasteiger partial charge is 0.331 e. The van der Waals surface area contributed by atoms with Crippen molar-refractivity contribution in [2.24, 2.45) is 0 Å². The number of aromatic nitrogens is 2. The highest BCUT2D eigenvalue weighted by molar-refractivity contribution is 5.94. The van der Waals surface area contributed by atoms with E-state index in [1.807, 2.05) is 6.92 Å². The number of carbonyl (C=O) groups is 1. The second-order valence-corrected chi connectivity index (χ2v) is 8.38. The molecule has 0 fully saturated rings. The molecule has 1 amide bonds. The van der Waals surface area contributed by atoms with E-state index in [4.69, 9.17) is 4.98 Å². The van der Waals surface area contributed by atoms with Crippen LogP contribution in [-0.2, 0) is 19.6 Å². The molecule has 0 spiro atoms. The van der Waals surface area contributed by atoms with Crippen LogP contribution >= 0.6 is 0 Å². The van der Waals surface area contributed by atoms with E-state index >= 15 is 0 Å². The topological polar surface area (TPSA) is 50.2 Å². The van der Waals surface area contributed by atoms with Gasteiger partial charge in [0, 0.05) is 19.6 Å². The molecule has 0 radical (unpaired) electrons. The van der Waals surface area contributed by atoms with Gasteiger partial charge in [0.25, 0.3) is 5.91 Å². The first kappa shape index (κ1) is 24.8. The van der Waals surface area contributed by atoms with Crippen molar-refractivity contribution in [3.63, 3.8) is 0 Å². The summed E-state index contributed by atoms with van der Waals surface area (Å²) in [5.74, 6) is -1.12. The SMILES string of the molecule is CCCCNCc1ccc2c(c1)nc(CN(CCC)C(=O)c1cc(F)ccc1F)n2CCC. The molecule has 0 saturated heterocycles. The van der Waals surface area contributed by atoms with E-state index in [9.17, 15) is 13.6 Å². The van der Waals surface area contributed by atoms with Gasteiger partial charge in [0.1, 0.15) is 17.5 Å². The van der Waals surface area contributed by atoms with E-state index in [1.54, 1.807) is 4.90 Å². The number of halogens is 2. The summed E-state index contributed by atoms with van der Waals surface area (Å²) in [4.78, 5) is 19.5. The second-order valence-electron chi connectivity index (χ2n) is 8.38. The third-order valence-corrected chi connectivity index (χ3v) is 5.65. The Bertz CT molecular complexity index is 1080. The van der Waals surface area contributed by atoms with E-state index in [-0.39, 0.29) is 12.1 Å². The number of benzene rings is 2. The molecule has 2 aromatic carbocycles. The summed E-state index contributed by atoms with van der Waals surface area (Å²) < 4.78 is 30.1. The Morgan fingerprint density at radius 1 is 1.06 bits per heavy atom. The lowest BCUT2D eigenvalue weighted by atomic mass is 10.1. The molecule has 0 saturated carbocycles. The Kier molecular flexibility index (Phi) is 8.95. The molecule has 0 aliphatic heterocycles. The Hall–Kier alpha value is -2.80. The number of imidazole rings is 1. The number of hydrogen-bond acceptors (Lipinski definition) is 3. The van der Waals surface area contributed by atoms with Crippen molar-refractivity contribution in [1.29, 1.82) is 0 Å². The van der Waals surface area contributed by atoms with E-state index in [0.29, 0.717) is 13.0 Å². The van der Waals surface area contributed by atoms with Crippen LogP contribution in [0.25, 0.3) is 11.0 Å². The van der Waals surface area contributed by atoms with Gasteiger partial charge in [-0.05, 0) is 61.7 Å². The summed E-state index contributed by atoms with van der Waals surface area (Å²) in [6.07, 6.45) is 3.91. The Morgan fingerprint density at radius 2 is 1.88 bits per heavy atom. The fourth-order valence-electron chi connectivity index (χ4n) is 3.99. The quantitative estimate of drug-likeness (QED) is 0.358. The molecule has 1 N–H and O–H groups in total. The van der Waals surface area contributed by atoms with Crippen molar-refractivity contribution in [1.82, 2.24) is 19.8 Å². The lowest BCUT2D eigenvalue weighted by molar-refractivity contribution is 0.0732. The van der Waals surface area contributed by atoms with E-state index in [0.717, 1.165) is 79.5 Å². The highest BCUT2D eigenvalue weighted by Crippen LogP contribution is 2.21. The summed E-state index contributed by atoms with van der Waals surface area (Å²) in [5.41, 5.74) is 2.82. The Morgan fingerprint density at radius 3 is 2.61 bits per heavy atom. The van der Waals surface area contributed by atoms with Crippen LogP contribution < -0.4 is 5.32 Å². The Labute approximate surface area is 194 Å². The molecule has 178 valence electrons. The van der Waals surface area contributed by atoms with Gasteiger partial charge in [-0.25, -0.2) is 13.8 Å². The number of nitrogens with zero attached hydrogens (tertiary/aromatic N) is 3. The zero-order valence-electron chi connectivity index (χ0n) is 19.8. The molecule has 3 rings (SSSR count). The fraction of sp³-hybridized carbons (Fsp3) is 0.462. The number of amides is 1. The molecule has 5 nitrogen and oxygen atoms in total. The number of carbonyl (C=O) groups excluding carboxylic acids is 1. The monoisotopic (exact) mass is 456 g/mol. The highest BCUT2D eigenvalue weighted by atomic mass is 19.1. The molecule has 0 unspecified atom stereocenters. The van der Waals surface area contributed by atoms with Crippen LogP contribution in [0.2, 0.25) is 0 Å². The standard InChI is InChI=1S/C26H34F2N4O/c1-4-7-12-29-17-19-8-11-24-23(15-19)30-25(32(24)14-6-3)18-31(13-5-2)26(33)21-16-20(27)9-10-22(21)28/h8-11,15-16,29H,4-7,12-14,17-18H2,1-3H3. The molecule has 3 aromatic rings. The van der Waals surface area contributed by atoms with Crippen LogP contribution in [-0.4, -0.2) is 33.4 Å². The average Bonchev–Trinajstić information content (AvgIpc) is 3.14. The summed E-state index contributed by atoms with van der Waals surface area (Å²) in [7, 11) is 0. The third kappa shape index (κ3) is 6.16. The second kappa shape index (κ2) is 11.9. The first-order valence-corrected chi connectivity index (χ1v) is 11.9. The van der Waals surface area contributed by atoms with Gasteiger partial charge < -0.3 is 14.8 Å². The maximum atomic E-state index is 14.3. The van der Waals surface area contributed by atoms with Crippen LogP contribution in [0.3, 0.4) is 0 Å². The summed E-state index contributed by atoms with van der Waals surface area (Å²) in [6.45, 7) is 9.42. The third-order valence-electron chi connectivity index (χ3n) is 5.65. The van der Waals surface area contributed by atoms with Gasteiger partial charge in [-0.2, -0.15) is 0 Å². The lowest BCUT2D eigenvalue weighted by Crippen LogP contribution is -2.33. The van der Waals surface area contributed by atoms with Crippen molar-refractivity contribution >= 4 is 16.9 Å². The van der Waals surface area contributed by atoms with Gasteiger partial charge in [0.2, 0.25) is 0 Å². The molecule has 0 aliphatic rings. The number of nitrogens with one attached hydrogen (secondary N) is 1. The molecule has 0 bridgehead atoms. The number of aryl methyl sites for hydroxylation is 1. The molecular weight excluding hydrogens is 422 g/mol. The van der Waals surface area contributed by atoms with E-state index in [1.165, 1.54) is 0 Å². The summed E-state index contributed by atoms with van der Waals surface area (Å²) in [5, 5.41) is 3.45. The minimum Gasteiger partial charge on any atom is -0.331 e. The average molecular weight is 457 g/mol. The predicted molar refractivity (Wildman–Crippen MR) is 128 cm³/mol. The normalized spacial score (nSPS) is 11.3. The van der Waals surface area contributed by atoms with Gasteiger partial charge in [0.15, 0.2) is 0 Å². The minimum absolute atomic E-state index is 0.237. The number of rotatable bonds is 12. The maximum absolute atomic E-state index is 14.3. The van der Waals surface area contributed by atoms with Gasteiger partial charge >= 0.3 is 0 Å². The van der Waals surface area contributed by atoms with Gasteiger partial charge in [-0.1, -0.05) is 33.3 Å². The number of hydrogen-bond donors (Lipinski definition) is 1. The summed E-state index contributed by atoms with van der Waals surface area (Å²) in [6, 6.07) is 9.25. The van der Waals surface area contributed by atoms with Crippen molar-refractivity contribution < 1.29 is 13.6 Å². The van der Waals surface area contributed by atoms with Crippen molar-refractivity contribution in [3.8, 4) is 0 Å². The smallest absolute Gasteiger partial charge is 0.257 e. The fourth-order valence-corrected chi connectivity index (χ4v) is 3.99. The predicted octanol–water partition coefficient (Wildman–Crippen LogP) is 5.67. The Balaban J connectivity index is 1.89. The van der Waals surface area contributed by atoms with Crippen LogP contribution in [0.1, 0.15) is 68.2 Å². The van der Waals surface area contributed by atoms with E-state index < -0.39 is 17.5 Å². The maximum Gasteiger partial charge on any atom is 0.257 e. The number of unbranched alkanes of at least 4 members (excludes halogenated alkanes) is 1. The van der Waals surface area contributed by atoms with Gasteiger partial charge in [0.05, 0.1) is 23.1 Å². The molecule has 33 heavy (non-hydrogen) atoms. The van der Waals surface area contributed by atoms with Crippen molar-refractivity contribution in [2.75, 3.05) is 13.1 Å². The molecule has 7 heteroatoms. The first-order chi connectivity index (χ1) is 16.0. The first-order valence-electron chi connectivity index (χ1n) is 11.9. The van der Waals surface area contributed by atoms with Crippen LogP contribution in [0.15, 0.2) is 36.4 Å². The minimum atomic E-state index is -0.718. The van der Waals surface area contributed by atoms with Crippen molar-refractivity contribution in [3.05, 3.63) is 65.0 Å².